The Hall–Kier alpha value is -3.12. The minimum atomic E-state index is 0.470. The maximum Gasteiger partial charge on any atom is 0.00893 e. The Morgan fingerprint density at radius 3 is 1.38 bits per heavy atom. The molecule has 0 amide bonds. The average molecular weight is 415 g/mol. The second kappa shape index (κ2) is 7.20. The summed E-state index contributed by atoms with van der Waals surface area (Å²) >= 11 is 0. The van der Waals surface area contributed by atoms with Gasteiger partial charge in [-0.2, -0.15) is 0 Å². The highest BCUT2D eigenvalue weighted by atomic mass is 14.4. The molecule has 0 nitrogen and oxygen atoms in total. The van der Waals surface area contributed by atoms with E-state index in [2.05, 4.69) is 113 Å². The smallest absolute Gasteiger partial charge is 0.00893 e. The Kier molecular flexibility index (Phi) is 4.40. The third kappa shape index (κ3) is 2.75. The van der Waals surface area contributed by atoms with Crippen LogP contribution in [0.2, 0.25) is 0 Å². The van der Waals surface area contributed by atoms with E-state index in [1.54, 1.807) is 0 Å². The Bertz CT molecular complexity index is 1320. The van der Waals surface area contributed by atoms with Crippen LogP contribution in [0.25, 0.3) is 33.7 Å². The third-order valence-corrected chi connectivity index (χ3v) is 8.26. The number of allylic oxidation sites excluding steroid dienone is 2. The summed E-state index contributed by atoms with van der Waals surface area (Å²) in [5.74, 6) is 2.02. The van der Waals surface area contributed by atoms with E-state index in [1.165, 1.54) is 54.9 Å². The molecule has 0 bridgehead atoms. The normalized spacial score (nSPS) is 21.2. The summed E-state index contributed by atoms with van der Waals surface area (Å²) in [6.45, 7) is 9.65. The fourth-order valence-electron chi connectivity index (χ4n) is 6.66. The first kappa shape index (κ1) is 19.6. The zero-order valence-electron chi connectivity index (χ0n) is 19.4. The number of fused-ring (bicyclic) bond motifs is 6. The largest absolute Gasteiger partial charge is 0.0649 e. The van der Waals surface area contributed by atoms with E-state index < -0.39 is 0 Å². The molecular weight excluding hydrogens is 384 g/mol. The molecule has 0 radical (unpaired) electrons. The van der Waals surface area contributed by atoms with Crippen LogP contribution in [0, 0.1) is 11.8 Å². The molecule has 32 heavy (non-hydrogen) atoms. The van der Waals surface area contributed by atoms with Gasteiger partial charge < -0.3 is 0 Å². The predicted octanol–water partition coefficient (Wildman–Crippen LogP) is 8.97. The van der Waals surface area contributed by atoms with Gasteiger partial charge in [0.25, 0.3) is 0 Å². The SMILES string of the molecule is CC1=Cc2ccc3ccccc3c2C1[C@H](C)[C@@H](C)C1C(C)=Cc2ccc3ccccc3c21. The van der Waals surface area contributed by atoms with E-state index in [0.717, 1.165) is 0 Å². The Balaban J connectivity index is 1.46. The molecule has 2 aliphatic carbocycles. The molecule has 2 aliphatic rings. The highest BCUT2D eigenvalue weighted by molar-refractivity contribution is 5.93. The van der Waals surface area contributed by atoms with Crippen molar-refractivity contribution in [3.8, 4) is 0 Å². The van der Waals surface area contributed by atoms with Crippen molar-refractivity contribution < 1.29 is 0 Å². The van der Waals surface area contributed by atoms with Gasteiger partial charge in [-0.3, -0.25) is 0 Å². The van der Waals surface area contributed by atoms with Gasteiger partial charge in [-0.15, -0.1) is 0 Å². The van der Waals surface area contributed by atoms with Gasteiger partial charge in [0, 0.05) is 11.8 Å². The van der Waals surface area contributed by atoms with Crippen molar-refractivity contribution >= 4 is 33.7 Å². The summed E-state index contributed by atoms with van der Waals surface area (Å²) in [5.41, 5.74) is 8.92. The molecule has 0 aromatic heterocycles. The van der Waals surface area contributed by atoms with Gasteiger partial charge in [0.2, 0.25) is 0 Å². The fourth-order valence-corrected chi connectivity index (χ4v) is 6.66. The molecule has 2 unspecified atom stereocenters. The Labute approximate surface area is 191 Å². The molecule has 4 aromatic carbocycles. The molecule has 0 N–H and O–H groups in total. The van der Waals surface area contributed by atoms with Crippen LogP contribution < -0.4 is 0 Å². The van der Waals surface area contributed by atoms with Gasteiger partial charge in [0.05, 0.1) is 0 Å². The zero-order valence-corrected chi connectivity index (χ0v) is 19.4. The highest BCUT2D eigenvalue weighted by Crippen LogP contribution is 2.52. The zero-order chi connectivity index (χ0) is 22.0. The lowest BCUT2D eigenvalue weighted by atomic mass is 9.69. The van der Waals surface area contributed by atoms with Gasteiger partial charge in [0.15, 0.2) is 0 Å². The minimum absolute atomic E-state index is 0.470. The van der Waals surface area contributed by atoms with Crippen LogP contribution in [-0.2, 0) is 0 Å². The fraction of sp³-hybridized carbons (Fsp3) is 0.250. The van der Waals surface area contributed by atoms with E-state index in [-0.39, 0.29) is 0 Å². The molecule has 0 heterocycles. The first-order valence-corrected chi connectivity index (χ1v) is 11.9. The number of hydrogen-bond donors (Lipinski definition) is 0. The van der Waals surface area contributed by atoms with E-state index in [1.807, 2.05) is 0 Å². The van der Waals surface area contributed by atoms with Crippen LogP contribution in [0.5, 0.6) is 0 Å². The molecule has 4 atom stereocenters. The molecule has 0 fully saturated rings. The van der Waals surface area contributed by atoms with Crippen molar-refractivity contribution in [3.63, 3.8) is 0 Å². The lowest BCUT2D eigenvalue weighted by Crippen LogP contribution is -2.23. The van der Waals surface area contributed by atoms with Crippen LogP contribution in [0.15, 0.2) is 83.9 Å². The highest BCUT2D eigenvalue weighted by Gasteiger charge is 2.38. The Morgan fingerprint density at radius 2 is 0.938 bits per heavy atom. The minimum Gasteiger partial charge on any atom is -0.0649 e. The summed E-state index contributed by atoms with van der Waals surface area (Å²) in [7, 11) is 0. The molecule has 0 saturated carbocycles. The molecule has 0 spiro atoms. The third-order valence-electron chi connectivity index (χ3n) is 8.26. The summed E-state index contributed by atoms with van der Waals surface area (Å²) in [5, 5.41) is 5.55. The van der Waals surface area contributed by atoms with E-state index in [4.69, 9.17) is 0 Å². The number of rotatable bonds is 3. The van der Waals surface area contributed by atoms with Crippen LogP contribution in [-0.4, -0.2) is 0 Å². The van der Waals surface area contributed by atoms with Gasteiger partial charge in [-0.25, -0.2) is 0 Å². The van der Waals surface area contributed by atoms with Gasteiger partial charge in [-0.05, 0) is 69.5 Å². The first-order chi connectivity index (χ1) is 15.5. The summed E-state index contributed by atoms with van der Waals surface area (Å²) in [6.07, 6.45) is 4.85. The Morgan fingerprint density at radius 1 is 0.531 bits per heavy atom. The molecular formula is C32H30. The number of hydrogen-bond acceptors (Lipinski definition) is 0. The van der Waals surface area contributed by atoms with Crippen molar-refractivity contribution in [2.75, 3.05) is 0 Å². The van der Waals surface area contributed by atoms with Crippen molar-refractivity contribution in [3.05, 3.63) is 106 Å². The van der Waals surface area contributed by atoms with E-state index in [0.29, 0.717) is 23.7 Å². The maximum absolute atomic E-state index is 2.49. The second-order valence-corrected chi connectivity index (χ2v) is 10.0. The van der Waals surface area contributed by atoms with Crippen LogP contribution in [0.3, 0.4) is 0 Å². The molecule has 0 aliphatic heterocycles. The topological polar surface area (TPSA) is 0 Å². The van der Waals surface area contributed by atoms with E-state index >= 15 is 0 Å². The second-order valence-electron chi connectivity index (χ2n) is 10.0. The average Bonchev–Trinajstić information content (AvgIpc) is 3.33. The van der Waals surface area contributed by atoms with Gasteiger partial charge >= 0.3 is 0 Å². The summed E-state index contributed by atoms with van der Waals surface area (Å²) in [6, 6.07) is 27.0. The first-order valence-electron chi connectivity index (χ1n) is 11.9. The standard InChI is InChI=1S/C32H30/c1-19-17-25-15-13-23-9-5-7-11-27(23)31(25)29(19)21(3)22(4)30-20(2)18-26-16-14-24-10-6-8-12-28(24)32(26)30/h5-18,21-22,29-30H,1-4H3/t21-,22-,29?,30?/m1/s1. The molecule has 0 saturated heterocycles. The van der Waals surface area contributed by atoms with Crippen LogP contribution in [0.1, 0.15) is 61.8 Å². The monoisotopic (exact) mass is 414 g/mol. The van der Waals surface area contributed by atoms with Gasteiger partial charge in [0.1, 0.15) is 0 Å². The summed E-state index contributed by atoms with van der Waals surface area (Å²) < 4.78 is 0. The molecule has 6 rings (SSSR count). The maximum atomic E-state index is 2.49. The quantitative estimate of drug-likeness (QED) is 0.314. The summed E-state index contributed by atoms with van der Waals surface area (Å²) in [4.78, 5) is 0. The predicted molar refractivity (Wildman–Crippen MR) is 139 cm³/mol. The van der Waals surface area contributed by atoms with Crippen molar-refractivity contribution in [1.29, 1.82) is 0 Å². The lowest BCUT2D eigenvalue weighted by molar-refractivity contribution is 0.322. The van der Waals surface area contributed by atoms with Gasteiger partial charge in [-0.1, -0.05) is 110 Å². The molecule has 158 valence electrons. The molecule has 0 heteroatoms. The van der Waals surface area contributed by atoms with Crippen molar-refractivity contribution in [1.82, 2.24) is 0 Å². The number of benzene rings is 4. The van der Waals surface area contributed by atoms with Crippen LogP contribution >= 0.6 is 0 Å². The van der Waals surface area contributed by atoms with Crippen molar-refractivity contribution in [2.24, 2.45) is 11.8 Å². The molecule has 4 aromatic rings. The lowest BCUT2D eigenvalue weighted by Gasteiger charge is -2.34. The van der Waals surface area contributed by atoms with E-state index in [9.17, 15) is 0 Å². The van der Waals surface area contributed by atoms with Crippen molar-refractivity contribution in [2.45, 2.75) is 39.5 Å². The van der Waals surface area contributed by atoms with Crippen LogP contribution in [0.4, 0.5) is 0 Å².